The van der Waals surface area contributed by atoms with Gasteiger partial charge in [0.1, 0.15) is 21.9 Å². The van der Waals surface area contributed by atoms with Gasteiger partial charge in [0, 0.05) is 5.56 Å². The Labute approximate surface area is 92.5 Å². The van der Waals surface area contributed by atoms with E-state index in [1.54, 1.807) is 18.2 Å². The minimum atomic E-state index is -1.34. The fraction of sp³-hybridized carbons (Fsp3) is 0.364. The first-order valence-electron chi connectivity index (χ1n) is 4.62. The van der Waals surface area contributed by atoms with E-state index < -0.39 is 16.1 Å². The van der Waals surface area contributed by atoms with Gasteiger partial charge in [-0.15, -0.1) is 0 Å². The average Bonchev–Trinajstić information content (AvgIpc) is 2.14. The second-order valence-corrected chi connectivity index (χ2v) is 6.05. The minimum Gasteiger partial charge on any atom is -0.591 e. The van der Waals surface area contributed by atoms with Crippen LogP contribution in [0.5, 0.6) is 0 Å². The van der Waals surface area contributed by atoms with E-state index in [0.717, 1.165) is 0 Å². The zero-order valence-electron chi connectivity index (χ0n) is 9.03. The smallest absolute Gasteiger partial charge is 0.144 e. The van der Waals surface area contributed by atoms with Gasteiger partial charge < -0.3 is 4.55 Å². The predicted molar refractivity (Wildman–Crippen MR) is 61.9 cm³/mol. The molecule has 0 aliphatic rings. The maximum atomic E-state index is 13.1. The highest BCUT2D eigenvalue weighted by Crippen LogP contribution is 2.17. The van der Waals surface area contributed by atoms with Crippen molar-refractivity contribution < 1.29 is 8.94 Å². The molecule has 0 saturated heterocycles. The summed E-state index contributed by atoms with van der Waals surface area (Å²) >= 11 is -1.34. The van der Waals surface area contributed by atoms with Gasteiger partial charge in [0.15, 0.2) is 0 Å². The van der Waals surface area contributed by atoms with Crippen molar-refractivity contribution in [3.8, 4) is 0 Å². The molecule has 1 rings (SSSR count). The molecule has 1 atom stereocenters. The van der Waals surface area contributed by atoms with Gasteiger partial charge in [-0.05, 0) is 26.8 Å². The van der Waals surface area contributed by atoms with Crippen molar-refractivity contribution in [1.82, 2.24) is 0 Å². The third-order valence-corrected chi connectivity index (χ3v) is 3.06. The molecule has 0 unspecified atom stereocenters. The van der Waals surface area contributed by atoms with Crippen LogP contribution in [-0.4, -0.2) is 15.5 Å². The molecule has 1 aromatic rings. The molecule has 15 heavy (non-hydrogen) atoms. The molecule has 0 N–H and O–H groups in total. The molecule has 0 bridgehead atoms. The highest BCUT2D eigenvalue weighted by atomic mass is 32.2. The molecule has 0 spiro atoms. The lowest BCUT2D eigenvalue weighted by Crippen LogP contribution is -2.25. The molecule has 82 valence electrons. The van der Waals surface area contributed by atoms with Crippen LogP contribution in [0, 0.1) is 5.82 Å². The summed E-state index contributed by atoms with van der Waals surface area (Å²) in [5.74, 6) is -0.354. The third kappa shape index (κ3) is 3.64. The predicted octanol–water partition coefficient (Wildman–Crippen LogP) is 2.71. The second kappa shape index (κ2) is 4.77. The van der Waals surface area contributed by atoms with E-state index in [2.05, 4.69) is 4.40 Å². The lowest BCUT2D eigenvalue weighted by atomic mass is 10.2. The second-order valence-electron chi connectivity index (χ2n) is 4.12. The Kier molecular flexibility index (Phi) is 3.88. The standard InChI is InChI=1S/C11H14FNOS/c1-11(2,3)15(14)13-8-9-6-4-5-7-10(9)12/h4-8H,1-3H3/t15-/m1/s1. The SMILES string of the molecule is CC(C)(C)[S@@+]([O-])N=Cc1ccccc1F. The van der Waals surface area contributed by atoms with Crippen molar-refractivity contribution in [3.05, 3.63) is 35.6 Å². The first kappa shape index (κ1) is 12.2. The molecule has 0 saturated carbocycles. The van der Waals surface area contributed by atoms with Crippen molar-refractivity contribution in [2.75, 3.05) is 0 Å². The number of rotatable bonds is 2. The third-order valence-electron chi connectivity index (χ3n) is 1.72. The summed E-state index contributed by atoms with van der Waals surface area (Å²) in [7, 11) is 0. The molecule has 0 radical (unpaired) electrons. The summed E-state index contributed by atoms with van der Waals surface area (Å²) < 4.78 is 28.1. The van der Waals surface area contributed by atoms with Crippen molar-refractivity contribution in [2.24, 2.45) is 4.40 Å². The molecule has 0 heterocycles. The Bertz CT molecular complexity index is 360. The Morgan fingerprint density at radius 3 is 2.47 bits per heavy atom. The Balaban J connectivity index is 2.79. The molecular formula is C11H14FNOS. The van der Waals surface area contributed by atoms with E-state index in [1.165, 1.54) is 12.3 Å². The van der Waals surface area contributed by atoms with E-state index in [1.807, 2.05) is 20.8 Å². The number of halogens is 1. The summed E-state index contributed by atoms with van der Waals surface area (Å²) in [5.41, 5.74) is 0.357. The van der Waals surface area contributed by atoms with E-state index in [9.17, 15) is 8.94 Å². The van der Waals surface area contributed by atoms with E-state index in [4.69, 9.17) is 0 Å². The average molecular weight is 227 g/mol. The number of hydrogen-bond donors (Lipinski definition) is 0. The lowest BCUT2D eigenvalue weighted by Gasteiger charge is -2.17. The summed E-state index contributed by atoms with van der Waals surface area (Å²) in [5, 5.41) is 0. The van der Waals surface area contributed by atoms with Gasteiger partial charge >= 0.3 is 0 Å². The Morgan fingerprint density at radius 2 is 1.93 bits per heavy atom. The van der Waals surface area contributed by atoms with Crippen molar-refractivity contribution in [3.63, 3.8) is 0 Å². The van der Waals surface area contributed by atoms with Crippen LogP contribution in [0.3, 0.4) is 0 Å². The monoisotopic (exact) mass is 227 g/mol. The quantitative estimate of drug-likeness (QED) is 0.565. The molecule has 0 aliphatic carbocycles. The molecule has 0 aromatic heterocycles. The van der Waals surface area contributed by atoms with Crippen LogP contribution in [0.2, 0.25) is 0 Å². The van der Waals surface area contributed by atoms with Crippen LogP contribution in [0.25, 0.3) is 0 Å². The van der Waals surface area contributed by atoms with Crippen LogP contribution < -0.4 is 0 Å². The van der Waals surface area contributed by atoms with Gasteiger partial charge in [-0.1, -0.05) is 22.6 Å². The molecule has 0 amide bonds. The van der Waals surface area contributed by atoms with Crippen LogP contribution in [0.4, 0.5) is 4.39 Å². The van der Waals surface area contributed by atoms with E-state index in [-0.39, 0.29) is 5.82 Å². The summed E-state index contributed by atoms with van der Waals surface area (Å²) in [6, 6.07) is 6.26. The van der Waals surface area contributed by atoms with E-state index in [0.29, 0.717) is 5.56 Å². The summed E-state index contributed by atoms with van der Waals surface area (Å²) in [6.45, 7) is 5.46. The largest absolute Gasteiger partial charge is 0.591 e. The lowest BCUT2D eigenvalue weighted by molar-refractivity contribution is 0.561. The molecule has 4 heteroatoms. The van der Waals surface area contributed by atoms with Gasteiger partial charge in [-0.25, -0.2) is 4.39 Å². The highest BCUT2D eigenvalue weighted by molar-refractivity contribution is 7.91. The maximum Gasteiger partial charge on any atom is 0.144 e. The van der Waals surface area contributed by atoms with Crippen LogP contribution in [-0.2, 0) is 11.4 Å². The maximum absolute atomic E-state index is 13.1. The summed E-state index contributed by atoms with van der Waals surface area (Å²) in [4.78, 5) is 0. The molecular weight excluding hydrogens is 213 g/mol. The van der Waals surface area contributed by atoms with Crippen molar-refractivity contribution in [1.29, 1.82) is 0 Å². The highest BCUT2D eigenvalue weighted by Gasteiger charge is 2.25. The number of benzene rings is 1. The van der Waals surface area contributed by atoms with Crippen molar-refractivity contribution in [2.45, 2.75) is 25.5 Å². The van der Waals surface area contributed by atoms with Crippen LogP contribution in [0.15, 0.2) is 28.7 Å². The zero-order valence-corrected chi connectivity index (χ0v) is 9.84. The topological polar surface area (TPSA) is 35.4 Å². The van der Waals surface area contributed by atoms with Gasteiger partial charge in [-0.3, -0.25) is 0 Å². The first-order chi connectivity index (χ1) is 6.91. The van der Waals surface area contributed by atoms with Gasteiger partial charge in [0.25, 0.3) is 0 Å². The van der Waals surface area contributed by atoms with Crippen molar-refractivity contribution >= 4 is 17.6 Å². The van der Waals surface area contributed by atoms with Gasteiger partial charge in [0.2, 0.25) is 0 Å². The molecule has 2 nitrogen and oxygen atoms in total. The Hall–Kier alpha value is -0.870. The summed E-state index contributed by atoms with van der Waals surface area (Å²) in [6.07, 6.45) is 1.32. The number of nitrogens with zero attached hydrogens (tertiary/aromatic N) is 1. The van der Waals surface area contributed by atoms with Crippen LogP contribution in [0.1, 0.15) is 26.3 Å². The van der Waals surface area contributed by atoms with Gasteiger partial charge in [0.05, 0.1) is 6.21 Å². The van der Waals surface area contributed by atoms with Gasteiger partial charge in [-0.2, -0.15) is 0 Å². The van der Waals surface area contributed by atoms with E-state index >= 15 is 0 Å². The molecule has 1 aromatic carbocycles. The Morgan fingerprint density at radius 1 is 1.33 bits per heavy atom. The molecule has 0 fully saturated rings. The normalized spacial score (nSPS) is 14.5. The van der Waals surface area contributed by atoms with Crippen LogP contribution >= 0.6 is 0 Å². The minimum absolute atomic E-state index is 0.354. The number of hydrogen-bond acceptors (Lipinski definition) is 2. The fourth-order valence-electron chi connectivity index (χ4n) is 0.843. The first-order valence-corrected chi connectivity index (χ1v) is 5.72. The molecule has 0 aliphatic heterocycles. The zero-order chi connectivity index (χ0) is 11.5. The fourth-order valence-corrected chi connectivity index (χ4v) is 1.37.